The van der Waals surface area contributed by atoms with Gasteiger partial charge in [-0.3, -0.25) is 9.69 Å². The Hall–Kier alpha value is -3.39. The number of aromatic nitrogens is 1. The Morgan fingerprint density at radius 3 is 2.61 bits per heavy atom. The number of hydrogen-bond donors (Lipinski definition) is 1. The molecular weight excluding hydrogens is 401 g/mol. The fourth-order valence-electron chi connectivity index (χ4n) is 3.23. The van der Waals surface area contributed by atoms with Crippen LogP contribution in [-0.2, 0) is 19.6 Å². The van der Waals surface area contributed by atoms with Gasteiger partial charge < -0.3 is 19.2 Å². The van der Waals surface area contributed by atoms with Crippen LogP contribution >= 0.6 is 0 Å². The van der Waals surface area contributed by atoms with E-state index in [1.54, 1.807) is 12.1 Å². The summed E-state index contributed by atoms with van der Waals surface area (Å²) in [6.45, 7) is 5.83. The summed E-state index contributed by atoms with van der Waals surface area (Å²) in [7, 11) is 0. The van der Waals surface area contributed by atoms with E-state index in [2.05, 4.69) is 29.0 Å². The number of fused-ring (bicyclic) bond motifs is 1. The lowest BCUT2D eigenvalue weighted by atomic mass is 10.1. The van der Waals surface area contributed by atoms with Crippen LogP contribution in [0.1, 0.15) is 41.4 Å². The summed E-state index contributed by atoms with van der Waals surface area (Å²) in [5.41, 5.74) is 2.10. The van der Waals surface area contributed by atoms with Gasteiger partial charge >= 0.3 is 0 Å². The minimum absolute atomic E-state index is 0.212. The third kappa shape index (κ3) is 5.21. The van der Waals surface area contributed by atoms with Gasteiger partial charge in [-0.05, 0) is 49.2 Å². The number of ether oxygens (including phenoxy) is 2. The third-order valence-electron chi connectivity index (χ3n) is 5.04. The Bertz CT molecular complexity index is 1050. The van der Waals surface area contributed by atoms with Gasteiger partial charge in [-0.15, -0.1) is 0 Å². The molecule has 8 heteroatoms. The smallest absolute Gasteiger partial charge is 0.273 e. The van der Waals surface area contributed by atoms with E-state index in [9.17, 15) is 9.18 Å². The van der Waals surface area contributed by atoms with Gasteiger partial charge in [0.2, 0.25) is 12.7 Å². The Morgan fingerprint density at radius 2 is 1.84 bits per heavy atom. The molecule has 31 heavy (non-hydrogen) atoms. The molecule has 1 N–H and O–H groups in total. The highest BCUT2D eigenvalue weighted by molar-refractivity contribution is 5.91. The number of nitrogens with one attached hydrogen (secondary N) is 1. The highest BCUT2D eigenvalue weighted by Gasteiger charge is 2.19. The van der Waals surface area contributed by atoms with E-state index >= 15 is 0 Å². The molecule has 1 aliphatic rings. The van der Waals surface area contributed by atoms with Gasteiger partial charge in [-0.1, -0.05) is 18.2 Å². The summed E-state index contributed by atoms with van der Waals surface area (Å²) < 4.78 is 29.3. The molecule has 162 valence electrons. The van der Waals surface area contributed by atoms with E-state index < -0.39 is 0 Å². The summed E-state index contributed by atoms with van der Waals surface area (Å²) in [5.74, 6) is 1.31. The first-order valence-corrected chi connectivity index (χ1v) is 10.1. The molecule has 0 aliphatic carbocycles. The lowest BCUT2D eigenvalue weighted by molar-refractivity contribution is 0.0945. The Balaban J connectivity index is 1.36. The molecule has 0 saturated carbocycles. The quantitative estimate of drug-likeness (QED) is 0.590. The second-order valence-corrected chi connectivity index (χ2v) is 7.62. The van der Waals surface area contributed by atoms with E-state index in [4.69, 9.17) is 13.9 Å². The lowest BCUT2D eigenvalue weighted by Crippen LogP contribution is -2.30. The Morgan fingerprint density at radius 1 is 1.10 bits per heavy atom. The highest BCUT2D eigenvalue weighted by atomic mass is 19.1. The molecule has 0 fully saturated rings. The zero-order valence-electron chi connectivity index (χ0n) is 17.4. The van der Waals surface area contributed by atoms with Crippen LogP contribution in [0.4, 0.5) is 4.39 Å². The van der Waals surface area contributed by atoms with Crippen molar-refractivity contribution in [1.82, 2.24) is 15.2 Å². The van der Waals surface area contributed by atoms with Crippen molar-refractivity contribution in [1.29, 1.82) is 0 Å². The minimum Gasteiger partial charge on any atom is -0.454 e. The maximum Gasteiger partial charge on any atom is 0.273 e. The van der Waals surface area contributed by atoms with Crippen molar-refractivity contribution in [3.63, 3.8) is 0 Å². The molecule has 0 unspecified atom stereocenters. The number of oxazole rings is 1. The molecule has 1 amide bonds. The summed E-state index contributed by atoms with van der Waals surface area (Å²) in [5, 5.41) is 2.76. The van der Waals surface area contributed by atoms with E-state index in [1.165, 1.54) is 18.4 Å². The SMILES string of the molecule is CC(C)N(Cc1ccc2c(c1)OCO2)Cc1nc(C(=O)NCc2ccc(F)cc2)co1. The molecular formula is C23H24FN3O4. The molecule has 3 aromatic rings. The Labute approximate surface area is 179 Å². The van der Waals surface area contributed by atoms with Gasteiger partial charge in [-0.25, -0.2) is 9.37 Å². The van der Waals surface area contributed by atoms with E-state index in [-0.39, 0.29) is 36.8 Å². The van der Waals surface area contributed by atoms with Gasteiger partial charge in [0.25, 0.3) is 5.91 Å². The van der Waals surface area contributed by atoms with Gasteiger partial charge in [-0.2, -0.15) is 0 Å². The van der Waals surface area contributed by atoms with Crippen LogP contribution in [0.15, 0.2) is 53.1 Å². The Kier molecular flexibility index (Phi) is 6.18. The summed E-state index contributed by atoms with van der Waals surface area (Å²) in [6.07, 6.45) is 1.36. The predicted molar refractivity (Wildman–Crippen MR) is 111 cm³/mol. The predicted octanol–water partition coefficient (Wildman–Crippen LogP) is 3.88. The average molecular weight is 425 g/mol. The van der Waals surface area contributed by atoms with Crippen LogP contribution in [0, 0.1) is 5.82 Å². The summed E-state index contributed by atoms with van der Waals surface area (Å²) in [6, 6.07) is 12.1. The van der Waals surface area contributed by atoms with Crippen molar-refractivity contribution in [3.05, 3.63) is 77.3 Å². The third-order valence-corrected chi connectivity index (χ3v) is 5.04. The normalized spacial score (nSPS) is 12.5. The molecule has 7 nitrogen and oxygen atoms in total. The maximum atomic E-state index is 13.0. The number of halogens is 1. The highest BCUT2D eigenvalue weighted by Crippen LogP contribution is 2.33. The van der Waals surface area contributed by atoms with Crippen molar-refractivity contribution in [2.24, 2.45) is 0 Å². The molecule has 1 aliphatic heterocycles. The van der Waals surface area contributed by atoms with E-state index in [1.807, 2.05) is 18.2 Å². The zero-order chi connectivity index (χ0) is 21.8. The van der Waals surface area contributed by atoms with Crippen LogP contribution in [0.3, 0.4) is 0 Å². The molecule has 0 atom stereocenters. The molecule has 0 spiro atoms. The van der Waals surface area contributed by atoms with Crippen LogP contribution < -0.4 is 14.8 Å². The van der Waals surface area contributed by atoms with Gasteiger partial charge in [0, 0.05) is 19.1 Å². The molecule has 2 aromatic carbocycles. The standard InChI is InChI=1S/C23H24FN3O4/c1-15(2)27(11-17-5-8-20-21(9-17)31-14-30-20)12-22-26-19(13-29-22)23(28)25-10-16-3-6-18(24)7-4-16/h3-9,13,15H,10-12,14H2,1-2H3,(H,25,28). The number of hydrogen-bond acceptors (Lipinski definition) is 6. The monoisotopic (exact) mass is 425 g/mol. The lowest BCUT2D eigenvalue weighted by Gasteiger charge is -2.25. The molecule has 1 aromatic heterocycles. The minimum atomic E-state index is -0.341. The first-order chi connectivity index (χ1) is 15.0. The second kappa shape index (κ2) is 9.18. The molecule has 4 rings (SSSR count). The maximum absolute atomic E-state index is 13.0. The average Bonchev–Trinajstić information content (AvgIpc) is 3.41. The largest absolute Gasteiger partial charge is 0.454 e. The van der Waals surface area contributed by atoms with Gasteiger partial charge in [0.1, 0.15) is 12.1 Å². The second-order valence-electron chi connectivity index (χ2n) is 7.62. The topological polar surface area (TPSA) is 76.8 Å². The van der Waals surface area contributed by atoms with E-state index in [0.717, 1.165) is 22.6 Å². The van der Waals surface area contributed by atoms with E-state index in [0.29, 0.717) is 19.0 Å². The fraction of sp³-hybridized carbons (Fsp3) is 0.304. The van der Waals surface area contributed by atoms with Crippen molar-refractivity contribution >= 4 is 5.91 Å². The molecule has 0 bridgehead atoms. The van der Waals surface area contributed by atoms with Crippen LogP contribution in [-0.4, -0.2) is 28.6 Å². The number of rotatable bonds is 8. The number of carbonyl (C=O) groups excluding carboxylic acids is 1. The van der Waals surface area contributed by atoms with Crippen LogP contribution in [0.25, 0.3) is 0 Å². The van der Waals surface area contributed by atoms with Crippen LogP contribution in [0.5, 0.6) is 11.5 Å². The summed E-state index contributed by atoms with van der Waals surface area (Å²) >= 11 is 0. The van der Waals surface area contributed by atoms with Crippen molar-refractivity contribution in [3.8, 4) is 11.5 Å². The number of carbonyl (C=O) groups is 1. The zero-order valence-corrected chi connectivity index (χ0v) is 17.4. The van der Waals surface area contributed by atoms with Gasteiger partial charge in [0.15, 0.2) is 17.2 Å². The van der Waals surface area contributed by atoms with Crippen molar-refractivity contribution in [2.45, 2.75) is 39.5 Å². The number of amides is 1. The molecule has 0 saturated heterocycles. The first-order valence-electron chi connectivity index (χ1n) is 10.1. The first kappa shape index (κ1) is 20.9. The molecule has 0 radical (unpaired) electrons. The van der Waals surface area contributed by atoms with Gasteiger partial charge in [0.05, 0.1) is 6.54 Å². The summed E-state index contributed by atoms with van der Waals surface area (Å²) in [4.78, 5) is 18.9. The number of nitrogens with zero attached hydrogens (tertiary/aromatic N) is 2. The number of benzene rings is 2. The van der Waals surface area contributed by atoms with Crippen molar-refractivity contribution < 1.29 is 23.1 Å². The van der Waals surface area contributed by atoms with Crippen molar-refractivity contribution in [2.75, 3.05) is 6.79 Å². The van der Waals surface area contributed by atoms with Crippen LogP contribution in [0.2, 0.25) is 0 Å². The fourth-order valence-corrected chi connectivity index (χ4v) is 3.23. The molecule has 2 heterocycles.